The van der Waals surface area contributed by atoms with Gasteiger partial charge in [0.05, 0.1) is 16.1 Å². The molecule has 2 aliphatic rings. The molecule has 0 radical (unpaired) electrons. The first-order chi connectivity index (χ1) is 10.6. The Labute approximate surface area is 127 Å². The number of hydrogen-bond donors (Lipinski definition) is 0. The van der Waals surface area contributed by atoms with Crippen LogP contribution in [0.3, 0.4) is 0 Å². The number of nitrogens with zero attached hydrogens (tertiary/aromatic N) is 3. The van der Waals surface area contributed by atoms with Crippen LogP contribution in [0.15, 0.2) is 41.4 Å². The Hall–Kier alpha value is -2.50. The minimum absolute atomic E-state index is 0.274. The maximum Gasteiger partial charge on any atom is 0.305 e. The average molecular weight is 301 g/mol. The van der Waals surface area contributed by atoms with Crippen molar-refractivity contribution in [2.45, 2.75) is 25.3 Å². The summed E-state index contributed by atoms with van der Waals surface area (Å²) in [6, 6.07) is 2.51. The lowest BCUT2D eigenvalue weighted by Crippen LogP contribution is -2.49. The molecule has 1 atom stereocenters. The van der Waals surface area contributed by atoms with Gasteiger partial charge in [-0.3, -0.25) is 15.1 Å². The number of nitro groups is 1. The van der Waals surface area contributed by atoms with E-state index in [-0.39, 0.29) is 5.54 Å². The van der Waals surface area contributed by atoms with Gasteiger partial charge in [0.15, 0.2) is 0 Å². The van der Waals surface area contributed by atoms with Crippen LogP contribution in [0.25, 0.3) is 0 Å². The van der Waals surface area contributed by atoms with Crippen LogP contribution in [-0.4, -0.2) is 23.3 Å². The molecule has 0 saturated heterocycles. The van der Waals surface area contributed by atoms with Crippen molar-refractivity contribution in [1.29, 1.82) is 0 Å². The molecule has 1 aliphatic carbocycles. The fourth-order valence-corrected chi connectivity index (χ4v) is 3.03. The van der Waals surface area contributed by atoms with Crippen molar-refractivity contribution in [3.63, 3.8) is 0 Å². The van der Waals surface area contributed by atoms with Gasteiger partial charge in [0, 0.05) is 23.9 Å². The van der Waals surface area contributed by atoms with Crippen molar-refractivity contribution in [2.75, 3.05) is 11.6 Å². The van der Waals surface area contributed by atoms with Crippen molar-refractivity contribution in [3.05, 3.63) is 57.9 Å². The molecule has 114 valence electrons. The van der Waals surface area contributed by atoms with Crippen molar-refractivity contribution in [3.8, 4) is 0 Å². The van der Waals surface area contributed by atoms with Gasteiger partial charge in [-0.1, -0.05) is 31.2 Å². The molecule has 0 amide bonds. The van der Waals surface area contributed by atoms with Crippen LogP contribution in [0.5, 0.6) is 0 Å². The van der Waals surface area contributed by atoms with Gasteiger partial charge >= 0.3 is 5.69 Å². The highest BCUT2D eigenvalue weighted by Crippen LogP contribution is 2.38. The first-order valence-electron chi connectivity index (χ1n) is 7.17. The van der Waals surface area contributed by atoms with Gasteiger partial charge in [-0.05, 0) is 12.8 Å². The summed E-state index contributed by atoms with van der Waals surface area (Å²) in [7, 11) is 0. The fourth-order valence-electron chi connectivity index (χ4n) is 3.03. The van der Waals surface area contributed by atoms with E-state index in [1.807, 2.05) is 17.1 Å². The van der Waals surface area contributed by atoms with Gasteiger partial charge in [0.2, 0.25) is 5.82 Å². The molecular formula is C16H16FN3O2. The molecule has 0 N–H and O–H groups in total. The van der Waals surface area contributed by atoms with Crippen LogP contribution in [0.2, 0.25) is 0 Å². The lowest BCUT2D eigenvalue weighted by atomic mass is 9.85. The summed E-state index contributed by atoms with van der Waals surface area (Å²) in [6.45, 7) is 2.49. The standard InChI is InChI=1S/C16H16FN3O2/c1-2-16(6-4-3-5-7-16)19-11-18-10-12-8-15(20(21)22)13(17)9-14(12)19/h3-6,8-10H,2,7,11H2,1H3. The zero-order valence-electron chi connectivity index (χ0n) is 12.2. The van der Waals surface area contributed by atoms with Gasteiger partial charge in [-0.25, -0.2) is 0 Å². The number of benzene rings is 1. The van der Waals surface area contributed by atoms with Gasteiger partial charge in [0.1, 0.15) is 6.67 Å². The van der Waals surface area contributed by atoms with E-state index in [1.165, 1.54) is 12.1 Å². The molecule has 0 saturated carbocycles. The highest BCUT2D eigenvalue weighted by molar-refractivity contribution is 5.91. The van der Waals surface area contributed by atoms with Gasteiger partial charge in [-0.15, -0.1) is 0 Å². The van der Waals surface area contributed by atoms with Gasteiger partial charge in [0.25, 0.3) is 0 Å². The monoisotopic (exact) mass is 301 g/mol. The molecule has 22 heavy (non-hydrogen) atoms. The molecule has 0 aromatic heterocycles. The molecule has 0 fully saturated rings. The molecule has 5 nitrogen and oxygen atoms in total. The van der Waals surface area contributed by atoms with Crippen LogP contribution in [0, 0.1) is 15.9 Å². The second kappa shape index (κ2) is 5.36. The predicted molar refractivity (Wildman–Crippen MR) is 83.9 cm³/mol. The van der Waals surface area contributed by atoms with E-state index < -0.39 is 16.4 Å². The Bertz CT molecular complexity index is 712. The lowest BCUT2D eigenvalue weighted by Gasteiger charge is -2.44. The molecule has 1 aromatic rings. The topological polar surface area (TPSA) is 58.7 Å². The minimum atomic E-state index is -0.814. The van der Waals surface area contributed by atoms with E-state index in [0.29, 0.717) is 17.9 Å². The summed E-state index contributed by atoms with van der Waals surface area (Å²) in [5, 5.41) is 10.9. The molecule has 1 aromatic carbocycles. The number of hydrogen-bond acceptors (Lipinski definition) is 4. The summed E-state index contributed by atoms with van der Waals surface area (Å²) in [5.41, 5.74) is 0.441. The van der Waals surface area contributed by atoms with E-state index >= 15 is 0 Å². The Morgan fingerprint density at radius 1 is 1.45 bits per heavy atom. The highest BCUT2D eigenvalue weighted by atomic mass is 19.1. The third-order valence-corrected chi connectivity index (χ3v) is 4.31. The number of fused-ring (bicyclic) bond motifs is 1. The van der Waals surface area contributed by atoms with Crippen molar-refractivity contribution in [2.24, 2.45) is 4.99 Å². The summed E-state index contributed by atoms with van der Waals surface area (Å²) in [6.07, 6.45) is 11.3. The highest BCUT2D eigenvalue weighted by Gasteiger charge is 2.35. The van der Waals surface area contributed by atoms with Gasteiger partial charge < -0.3 is 4.90 Å². The third-order valence-electron chi connectivity index (χ3n) is 4.31. The second-order valence-corrected chi connectivity index (χ2v) is 5.45. The van der Waals surface area contributed by atoms with Crippen LogP contribution < -0.4 is 4.90 Å². The molecule has 3 rings (SSSR count). The van der Waals surface area contributed by atoms with Crippen LogP contribution >= 0.6 is 0 Å². The van der Waals surface area contributed by atoms with Crippen molar-refractivity contribution in [1.82, 2.24) is 0 Å². The van der Waals surface area contributed by atoms with E-state index in [9.17, 15) is 14.5 Å². The molecule has 0 bridgehead atoms. The third kappa shape index (κ3) is 2.20. The fraction of sp³-hybridized carbons (Fsp3) is 0.312. The molecule has 6 heteroatoms. The number of rotatable bonds is 3. The maximum absolute atomic E-state index is 14.1. The minimum Gasteiger partial charge on any atom is -0.342 e. The number of aliphatic imine (C=N–C) groups is 1. The summed E-state index contributed by atoms with van der Waals surface area (Å²) < 4.78 is 14.1. The predicted octanol–water partition coefficient (Wildman–Crippen LogP) is 3.60. The first-order valence-corrected chi connectivity index (χ1v) is 7.17. The summed E-state index contributed by atoms with van der Waals surface area (Å²) in [5.74, 6) is -0.814. The quantitative estimate of drug-likeness (QED) is 0.633. The number of nitro benzene ring substituents is 1. The van der Waals surface area contributed by atoms with Gasteiger partial charge in [-0.2, -0.15) is 4.39 Å². The van der Waals surface area contributed by atoms with E-state index in [0.717, 1.165) is 12.8 Å². The average Bonchev–Trinajstić information content (AvgIpc) is 2.54. The van der Waals surface area contributed by atoms with E-state index in [4.69, 9.17) is 0 Å². The first kappa shape index (κ1) is 14.4. The molecule has 0 spiro atoms. The number of halogens is 1. The number of anilines is 1. The summed E-state index contributed by atoms with van der Waals surface area (Å²) >= 11 is 0. The molecule has 1 unspecified atom stereocenters. The van der Waals surface area contributed by atoms with Crippen LogP contribution in [-0.2, 0) is 0 Å². The van der Waals surface area contributed by atoms with Crippen LogP contribution in [0.1, 0.15) is 25.3 Å². The zero-order chi connectivity index (χ0) is 15.7. The van der Waals surface area contributed by atoms with Crippen molar-refractivity contribution < 1.29 is 9.31 Å². The number of allylic oxidation sites excluding steroid dienone is 2. The second-order valence-electron chi connectivity index (χ2n) is 5.45. The molecule has 1 heterocycles. The van der Waals surface area contributed by atoms with E-state index in [1.54, 1.807) is 6.21 Å². The molecular weight excluding hydrogens is 285 g/mol. The zero-order valence-corrected chi connectivity index (χ0v) is 12.2. The smallest absolute Gasteiger partial charge is 0.305 e. The Morgan fingerprint density at radius 3 is 2.91 bits per heavy atom. The Morgan fingerprint density at radius 2 is 2.27 bits per heavy atom. The SMILES string of the molecule is CCC1(N2CN=Cc3cc([N+](=O)[O-])c(F)cc32)C=CC=CC1. The lowest BCUT2D eigenvalue weighted by molar-refractivity contribution is -0.387. The molecule has 1 aliphatic heterocycles. The summed E-state index contributed by atoms with van der Waals surface area (Å²) in [4.78, 5) is 16.5. The normalized spacial score (nSPS) is 22.7. The Balaban J connectivity index is 2.10. The largest absolute Gasteiger partial charge is 0.342 e. The Kier molecular flexibility index (Phi) is 3.52. The maximum atomic E-state index is 14.1. The van der Waals surface area contributed by atoms with Crippen molar-refractivity contribution >= 4 is 17.6 Å². The van der Waals surface area contributed by atoms with E-state index in [2.05, 4.69) is 24.1 Å². The van der Waals surface area contributed by atoms with Crippen LogP contribution in [0.4, 0.5) is 15.8 Å².